The van der Waals surface area contributed by atoms with E-state index in [0.29, 0.717) is 23.7 Å². The van der Waals surface area contributed by atoms with Crippen LogP contribution in [0.2, 0.25) is 0 Å². The van der Waals surface area contributed by atoms with E-state index in [4.69, 9.17) is 9.47 Å². The Morgan fingerprint density at radius 3 is 2.41 bits per heavy atom. The van der Waals surface area contributed by atoms with Crippen LogP contribution in [0.1, 0.15) is 49.2 Å². The van der Waals surface area contributed by atoms with Gasteiger partial charge < -0.3 is 9.47 Å². The number of rotatable bonds is 9. The molecule has 0 N–H and O–H groups in total. The van der Waals surface area contributed by atoms with Crippen molar-refractivity contribution in [1.29, 1.82) is 0 Å². The van der Waals surface area contributed by atoms with Crippen molar-refractivity contribution in [3.8, 4) is 17.3 Å². The van der Waals surface area contributed by atoms with Crippen molar-refractivity contribution < 1.29 is 18.7 Å². The number of carbonyl (C=O) groups is 1. The zero-order valence-corrected chi connectivity index (χ0v) is 16.7. The van der Waals surface area contributed by atoms with Crippen LogP contribution < -0.4 is 9.47 Å². The second kappa shape index (κ2) is 9.87. The smallest absolute Gasteiger partial charge is 0.344 e. The molecule has 2 aromatic carbocycles. The number of halogens is 1. The lowest BCUT2D eigenvalue weighted by molar-refractivity contribution is 0.0723. The fourth-order valence-corrected chi connectivity index (χ4v) is 2.80. The molecule has 0 amide bonds. The molecule has 152 valence electrons. The van der Waals surface area contributed by atoms with Gasteiger partial charge in [-0.15, -0.1) is 0 Å². The van der Waals surface area contributed by atoms with Gasteiger partial charge >= 0.3 is 5.97 Å². The Bertz CT molecular complexity index is 934. The molecular weight excluding hydrogens is 371 g/mol. The van der Waals surface area contributed by atoms with Gasteiger partial charge in [0.2, 0.25) is 5.88 Å². The summed E-state index contributed by atoms with van der Waals surface area (Å²) in [7, 11) is 0. The lowest BCUT2D eigenvalue weighted by Crippen LogP contribution is -2.11. The third-order valence-corrected chi connectivity index (χ3v) is 4.36. The van der Waals surface area contributed by atoms with Crippen LogP contribution in [0.3, 0.4) is 0 Å². The van der Waals surface area contributed by atoms with Crippen molar-refractivity contribution >= 4 is 5.97 Å². The molecule has 0 fully saturated rings. The van der Waals surface area contributed by atoms with Gasteiger partial charge in [0.15, 0.2) is 0 Å². The molecule has 0 spiro atoms. The fraction of sp³-hybridized carbons (Fsp3) is 0.304. The lowest BCUT2D eigenvalue weighted by atomic mass is 10.2. The number of esters is 1. The van der Waals surface area contributed by atoms with Crippen LogP contribution in [-0.2, 0) is 6.42 Å². The monoisotopic (exact) mass is 396 g/mol. The van der Waals surface area contributed by atoms with E-state index < -0.39 is 5.97 Å². The number of aryl methyl sites for hydroxylation is 1. The summed E-state index contributed by atoms with van der Waals surface area (Å²) in [5.74, 6) is 0.191. The van der Waals surface area contributed by atoms with Gasteiger partial charge in [-0.1, -0.05) is 26.7 Å². The van der Waals surface area contributed by atoms with Gasteiger partial charge in [0, 0.05) is 6.07 Å². The van der Waals surface area contributed by atoms with Crippen LogP contribution in [0.5, 0.6) is 11.6 Å². The standard InChI is InChI=1S/C23H25FN2O3/c1-3-5-15-28-21-13-7-17(8-14-21)23(27)29-22-16-19(6-4-2)25-26(22)20-11-9-18(24)10-12-20/h7-14,16H,3-6,15H2,1-2H3. The molecule has 1 aromatic heterocycles. The van der Waals surface area contributed by atoms with Crippen molar-refractivity contribution in [2.75, 3.05) is 6.61 Å². The van der Waals surface area contributed by atoms with Crippen molar-refractivity contribution in [3.05, 3.63) is 71.7 Å². The van der Waals surface area contributed by atoms with Crippen molar-refractivity contribution in [2.24, 2.45) is 0 Å². The Kier molecular flexibility index (Phi) is 7.00. The predicted octanol–water partition coefficient (Wildman–Crippen LogP) is 5.36. The van der Waals surface area contributed by atoms with Crippen LogP contribution in [0, 0.1) is 5.82 Å². The third kappa shape index (κ3) is 5.44. The first-order valence-corrected chi connectivity index (χ1v) is 9.90. The molecule has 0 saturated carbocycles. The number of unbranched alkanes of at least 4 members (excludes halogenated alkanes) is 1. The first kappa shape index (κ1) is 20.6. The molecule has 0 aliphatic carbocycles. The minimum atomic E-state index is -0.489. The summed E-state index contributed by atoms with van der Waals surface area (Å²) in [4.78, 5) is 12.6. The molecule has 29 heavy (non-hydrogen) atoms. The molecule has 1 heterocycles. The average Bonchev–Trinajstić information content (AvgIpc) is 3.12. The number of ether oxygens (including phenoxy) is 2. The Hall–Kier alpha value is -3.15. The van der Waals surface area contributed by atoms with Crippen LogP contribution in [-0.4, -0.2) is 22.4 Å². The summed E-state index contributed by atoms with van der Waals surface area (Å²) >= 11 is 0. The van der Waals surface area contributed by atoms with Gasteiger partial charge in [0.25, 0.3) is 0 Å². The first-order chi connectivity index (χ1) is 14.1. The largest absolute Gasteiger partial charge is 0.494 e. The molecule has 0 atom stereocenters. The maximum Gasteiger partial charge on any atom is 0.344 e. The lowest BCUT2D eigenvalue weighted by Gasteiger charge is -2.09. The van der Waals surface area contributed by atoms with Crippen molar-refractivity contribution in [3.63, 3.8) is 0 Å². The zero-order chi connectivity index (χ0) is 20.6. The fourth-order valence-electron chi connectivity index (χ4n) is 2.80. The summed E-state index contributed by atoms with van der Waals surface area (Å²) in [6.07, 6.45) is 3.71. The Morgan fingerprint density at radius 2 is 1.76 bits per heavy atom. The van der Waals surface area contributed by atoms with Crippen LogP contribution in [0.25, 0.3) is 5.69 Å². The van der Waals surface area contributed by atoms with Crippen molar-refractivity contribution in [1.82, 2.24) is 9.78 Å². The van der Waals surface area contributed by atoms with Crippen LogP contribution in [0.4, 0.5) is 4.39 Å². The molecule has 0 aliphatic heterocycles. The quantitative estimate of drug-likeness (QED) is 0.361. The van der Waals surface area contributed by atoms with Gasteiger partial charge in [-0.05, 0) is 61.4 Å². The highest BCUT2D eigenvalue weighted by atomic mass is 19.1. The van der Waals surface area contributed by atoms with Gasteiger partial charge in [-0.2, -0.15) is 5.10 Å². The number of hydrogen-bond donors (Lipinski definition) is 0. The van der Waals surface area contributed by atoms with E-state index in [0.717, 1.165) is 37.1 Å². The Balaban J connectivity index is 1.77. The second-order valence-electron chi connectivity index (χ2n) is 6.73. The van der Waals surface area contributed by atoms with E-state index in [1.165, 1.54) is 16.8 Å². The SMILES string of the molecule is CCCCOc1ccc(C(=O)Oc2cc(CCC)nn2-c2ccc(F)cc2)cc1. The topological polar surface area (TPSA) is 53.4 Å². The highest BCUT2D eigenvalue weighted by Gasteiger charge is 2.16. The Labute approximate surface area is 170 Å². The van der Waals surface area contributed by atoms with E-state index in [-0.39, 0.29) is 5.82 Å². The molecule has 3 aromatic rings. The predicted molar refractivity (Wildman–Crippen MR) is 109 cm³/mol. The zero-order valence-electron chi connectivity index (χ0n) is 16.7. The second-order valence-corrected chi connectivity index (χ2v) is 6.73. The van der Waals surface area contributed by atoms with Crippen molar-refractivity contribution in [2.45, 2.75) is 39.5 Å². The van der Waals surface area contributed by atoms with Gasteiger partial charge in [-0.3, -0.25) is 0 Å². The molecule has 0 aliphatic rings. The first-order valence-electron chi connectivity index (χ1n) is 9.90. The molecule has 0 saturated heterocycles. The minimum Gasteiger partial charge on any atom is -0.494 e. The molecule has 0 unspecified atom stereocenters. The molecule has 0 bridgehead atoms. The van der Waals surface area contributed by atoms with E-state index in [9.17, 15) is 9.18 Å². The van der Waals surface area contributed by atoms with E-state index in [2.05, 4.69) is 12.0 Å². The Morgan fingerprint density at radius 1 is 1.03 bits per heavy atom. The summed E-state index contributed by atoms with van der Waals surface area (Å²) in [6, 6.07) is 14.5. The minimum absolute atomic E-state index is 0.299. The van der Waals surface area contributed by atoms with Crippen LogP contribution in [0.15, 0.2) is 54.6 Å². The summed E-state index contributed by atoms with van der Waals surface area (Å²) in [6.45, 7) is 4.80. The normalized spacial score (nSPS) is 10.7. The number of aromatic nitrogens is 2. The van der Waals surface area contributed by atoms with Gasteiger partial charge in [0.1, 0.15) is 11.6 Å². The molecule has 5 nitrogen and oxygen atoms in total. The molecule has 3 rings (SSSR count). The van der Waals surface area contributed by atoms with Crippen LogP contribution >= 0.6 is 0 Å². The van der Waals surface area contributed by atoms with E-state index in [1.54, 1.807) is 42.5 Å². The summed E-state index contributed by atoms with van der Waals surface area (Å²) < 4.78 is 26.0. The number of benzene rings is 2. The third-order valence-electron chi connectivity index (χ3n) is 4.36. The number of nitrogens with zero attached hydrogens (tertiary/aromatic N) is 2. The molecule has 6 heteroatoms. The van der Waals surface area contributed by atoms with E-state index in [1.807, 2.05) is 6.92 Å². The summed E-state index contributed by atoms with van der Waals surface area (Å²) in [5, 5.41) is 4.50. The molecular formula is C23H25FN2O3. The number of hydrogen-bond acceptors (Lipinski definition) is 4. The highest BCUT2D eigenvalue weighted by molar-refractivity contribution is 5.91. The maximum absolute atomic E-state index is 13.3. The van der Waals surface area contributed by atoms with Gasteiger partial charge in [0.05, 0.1) is 23.6 Å². The highest BCUT2D eigenvalue weighted by Crippen LogP contribution is 2.22. The van der Waals surface area contributed by atoms with E-state index >= 15 is 0 Å². The van der Waals surface area contributed by atoms with Gasteiger partial charge in [-0.25, -0.2) is 13.9 Å². The molecule has 0 radical (unpaired) electrons. The average molecular weight is 396 g/mol. The number of carbonyl (C=O) groups excluding carboxylic acids is 1. The summed E-state index contributed by atoms with van der Waals surface area (Å²) in [5.41, 5.74) is 1.84. The maximum atomic E-state index is 13.3.